The molecule has 3 heterocycles. The highest BCUT2D eigenvalue weighted by Gasteiger charge is 2.35. The van der Waals surface area contributed by atoms with Gasteiger partial charge in [0.2, 0.25) is 15.9 Å². The van der Waals surface area contributed by atoms with E-state index in [0.29, 0.717) is 61.6 Å². The molecular weight excluding hydrogens is 551 g/mol. The minimum atomic E-state index is -4.17. The Balaban J connectivity index is 1.46. The molecule has 8 nitrogen and oxygen atoms in total. The van der Waals surface area contributed by atoms with Crippen LogP contribution in [0.15, 0.2) is 41.3 Å². The summed E-state index contributed by atoms with van der Waals surface area (Å²) in [6, 6.07) is 9.92. The van der Waals surface area contributed by atoms with Gasteiger partial charge in [0.1, 0.15) is 10.9 Å². The van der Waals surface area contributed by atoms with Crippen molar-refractivity contribution in [1.82, 2.24) is 14.6 Å². The SMILES string of the molecule is CC1(C)CNc2c(cc(CO)cc2S(=O)(=O)N[C@@H](Cc2nc3ccccc3s2)C(=O)N2CCC(CCF)CC2)C1. The van der Waals surface area contributed by atoms with Crippen LogP contribution in [-0.4, -0.2) is 61.7 Å². The number of fused-ring (bicyclic) bond motifs is 2. The Kier molecular flexibility index (Phi) is 8.47. The average Bonchev–Trinajstić information content (AvgIpc) is 3.34. The zero-order chi connectivity index (χ0) is 28.5. The maximum atomic E-state index is 14.0. The number of benzene rings is 2. The number of sulfonamides is 1. The molecule has 216 valence electrons. The average molecular weight is 589 g/mol. The van der Waals surface area contributed by atoms with Gasteiger partial charge >= 0.3 is 0 Å². The lowest BCUT2D eigenvalue weighted by molar-refractivity contribution is -0.134. The molecule has 0 bridgehead atoms. The summed E-state index contributed by atoms with van der Waals surface area (Å²) >= 11 is 1.44. The van der Waals surface area contributed by atoms with Crippen molar-refractivity contribution < 1.29 is 22.7 Å². The number of para-hydroxylation sites is 1. The number of anilines is 1. The van der Waals surface area contributed by atoms with Gasteiger partial charge in [0.15, 0.2) is 0 Å². The third-order valence-electron chi connectivity index (χ3n) is 7.88. The number of amides is 1. The Bertz CT molecular complexity index is 1450. The number of halogens is 1. The summed E-state index contributed by atoms with van der Waals surface area (Å²) in [4.78, 5) is 20.2. The van der Waals surface area contributed by atoms with Crippen LogP contribution in [0.3, 0.4) is 0 Å². The zero-order valence-electron chi connectivity index (χ0n) is 23.0. The van der Waals surface area contributed by atoms with Gasteiger partial charge in [-0.05, 0) is 66.3 Å². The Hall–Kier alpha value is -2.60. The van der Waals surface area contributed by atoms with E-state index in [4.69, 9.17) is 0 Å². The van der Waals surface area contributed by atoms with E-state index in [1.165, 1.54) is 17.4 Å². The van der Waals surface area contributed by atoms with Crippen molar-refractivity contribution in [3.8, 4) is 0 Å². The van der Waals surface area contributed by atoms with E-state index in [0.717, 1.165) is 15.8 Å². The van der Waals surface area contributed by atoms with E-state index in [1.807, 2.05) is 30.3 Å². The quantitative estimate of drug-likeness (QED) is 0.344. The lowest BCUT2D eigenvalue weighted by Crippen LogP contribution is -2.51. The predicted octanol–water partition coefficient (Wildman–Crippen LogP) is 4.27. The first kappa shape index (κ1) is 28.9. The van der Waals surface area contributed by atoms with Crippen molar-refractivity contribution in [3.63, 3.8) is 0 Å². The maximum Gasteiger partial charge on any atom is 0.243 e. The number of nitrogens with one attached hydrogen (secondary N) is 2. The summed E-state index contributed by atoms with van der Waals surface area (Å²) < 4.78 is 44.5. The number of aliphatic hydroxyl groups excluding tert-OH is 1. The van der Waals surface area contributed by atoms with E-state index in [1.54, 1.807) is 4.90 Å². The molecular formula is C29H37FN4O4S2. The van der Waals surface area contributed by atoms with Gasteiger partial charge in [-0.1, -0.05) is 32.0 Å². The second kappa shape index (κ2) is 11.7. The van der Waals surface area contributed by atoms with Crippen LogP contribution in [0, 0.1) is 11.3 Å². The fourth-order valence-corrected chi connectivity index (χ4v) is 8.19. The number of carbonyl (C=O) groups is 1. The number of piperidine rings is 1. The van der Waals surface area contributed by atoms with Crippen LogP contribution >= 0.6 is 11.3 Å². The van der Waals surface area contributed by atoms with Crippen molar-refractivity contribution >= 4 is 43.2 Å². The van der Waals surface area contributed by atoms with Gasteiger partial charge in [-0.15, -0.1) is 11.3 Å². The molecule has 0 radical (unpaired) electrons. The normalized spacial score (nSPS) is 18.4. The van der Waals surface area contributed by atoms with E-state index >= 15 is 0 Å². The summed E-state index contributed by atoms with van der Waals surface area (Å²) in [6.45, 7) is 5.07. The monoisotopic (exact) mass is 588 g/mol. The molecule has 1 saturated heterocycles. The third kappa shape index (κ3) is 6.32. The number of rotatable bonds is 9. The molecule has 11 heteroatoms. The van der Waals surface area contributed by atoms with E-state index < -0.39 is 16.1 Å². The second-order valence-corrected chi connectivity index (χ2v) is 14.5. The Morgan fingerprint density at radius 1 is 1.27 bits per heavy atom. The van der Waals surface area contributed by atoms with E-state index in [9.17, 15) is 22.7 Å². The third-order valence-corrected chi connectivity index (χ3v) is 10.4. The fourth-order valence-electron chi connectivity index (χ4n) is 5.71. The second-order valence-electron chi connectivity index (χ2n) is 11.7. The maximum absolute atomic E-state index is 14.0. The van der Waals surface area contributed by atoms with Crippen molar-refractivity contribution in [2.75, 3.05) is 31.6 Å². The van der Waals surface area contributed by atoms with Gasteiger partial charge < -0.3 is 15.3 Å². The summed E-state index contributed by atoms with van der Waals surface area (Å²) in [7, 11) is -4.17. The first-order valence-electron chi connectivity index (χ1n) is 13.8. The standard InChI is InChI=1S/C29H37FN4O4S2/c1-29(2)16-21-13-20(17-35)14-25(27(21)31-18-29)40(37,38)33-23(15-26-32-22-5-3-4-6-24(22)39-26)28(36)34-11-8-19(7-10-30)9-12-34/h3-6,13-14,19,23,31,33,35H,7-12,15-18H2,1-2H3/t23-/m0/s1. The first-order valence-corrected chi connectivity index (χ1v) is 16.1. The number of aromatic nitrogens is 1. The predicted molar refractivity (Wildman–Crippen MR) is 156 cm³/mol. The molecule has 3 aromatic rings. The van der Waals surface area contributed by atoms with Crippen LogP contribution < -0.4 is 10.0 Å². The van der Waals surface area contributed by atoms with Crippen molar-refractivity contribution in [2.45, 2.75) is 63.5 Å². The van der Waals surface area contributed by atoms with Crippen LogP contribution in [-0.2, 0) is 34.3 Å². The molecule has 40 heavy (non-hydrogen) atoms. The van der Waals surface area contributed by atoms with Crippen LogP contribution in [0.2, 0.25) is 0 Å². The minimum absolute atomic E-state index is 0.0355. The van der Waals surface area contributed by atoms with Crippen LogP contribution in [0.25, 0.3) is 10.2 Å². The number of thiazole rings is 1. The lowest BCUT2D eigenvalue weighted by atomic mass is 9.82. The highest BCUT2D eigenvalue weighted by Crippen LogP contribution is 2.37. The molecule has 5 rings (SSSR count). The van der Waals surface area contributed by atoms with Crippen LogP contribution in [0.5, 0.6) is 0 Å². The summed E-state index contributed by atoms with van der Waals surface area (Å²) in [5, 5.41) is 13.9. The molecule has 0 spiro atoms. The van der Waals surface area contributed by atoms with E-state index in [2.05, 4.69) is 28.9 Å². The highest BCUT2D eigenvalue weighted by atomic mass is 32.2. The minimum Gasteiger partial charge on any atom is -0.392 e. The van der Waals surface area contributed by atoms with Crippen molar-refractivity contribution in [1.29, 1.82) is 0 Å². The molecule has 2 aliphatic rings. The number of hydrogen-bond acceptors (Lipinski definition) is 7. The van der Waals surface area contributed by atoms with Gasteiger partial charge in [0.25, 0.3) is 0 Å². The molecule has 1 aromatic heterocycles. The lowest BCUT2D eigenvalue weighted by Gasteiger charge is -2.35. The smallest absolute Gasteiger partial charge is 0.243 e. The molecule has 1 amide bonds. The summed E-state index contributed by atoms with van der Waals surface area (Å²) in [6.07, 6.45) is 2.65. The van der Waals surface area contributed by atoms with Gasteiger partial charge in [-0.3, -0.25) is 9.18 Å². The first-order chi connectivity index (χ1) is 19.1. The molecule has 2 aliphatic heterocycles. The Morgan fingerprint density at radius 2 is 2.02 bits per heavy atom. The summed E-state index contributed by atoms with van der Waals surface area (Å²) in [5.74, 6) is -0.0701. The summed E-state index contributed by atoms with van der Waals surface area (Å²) in [5.41, 5.74) is 2.58. The van der Waals surface area contributed by atoms with Crippen LogP contribution in [0.1, 0.15) is 49.2 Å². The Morgan fingerprint density at radius 3 is 2.73 bits per heavy atom. The van der Waals surface area contributed by atoms with Crippen molar-refractivity contribution in [2.24, 2.45) is 11.3 Å². The topological polar surface area (TPSA) is 112 Å². The zero-order valence-corrected chi connectivity index (χ0v) is 24.6. The molecule has 1 fully saturated rings. The number of likely N-dealkylation sites (tertiary alicyclic amines) is 1. The van der Waals surface area contributed by atoms with Crippen LogP contribution in [0.4, 0.5) is 10.1 Å². The number of alkyl halides is 1. The largest absolute Gasteiger partial charge is 0.392 e. The number of nitrogens with zero attached hydrogens (tertiary/aromatic N) is 2. The number of hydrogen-bond donors (Lipinski definition) is 3. The highest BCUT2D eigenvalue weighted by molar-refractivity contribution is 7.89. The number of carbonyl (C=O) groups excluding carboxylic acids is 1. The van der Waals surface area contributed by atoms with Gasteiger partial charge in [-0.2, -0.15) is 4.72 Å². The number of aliphatic hydroxyl groups is 1. The molecule has 1 atom stereocenters. The van der Waals surface area contributed by atoms with Crippen molar-refractivity contribution in [3.05, 3.63) is 52.5 Å². The molecule has 0 aliphatic carbocycles. The van der Waals surface area contributed by atoms with E-state index in [-0.39, 0.29) is 41.8 Å². The van der Waals surface area contributed by atoms with Gasteiger partial charge in [-0.25, -0.2) is 13.4 Å². The molecule has 2 aromatic carbocycles. The fraction of sp³-hybridized carbons (Fsp3) is 0.517. The Labute approximate surface area is 239 Å². The van der Waals surface area contributed by atoms with Gasteiger partial charge in [0, 0.05) is 26.1 Å². The molecule has 0 unspecified atom stereocenters. The molecule has 3 N–H and O–H groups in total. The molecule has 0 saturated carbocycles. The van der Waals surface area contributed by atoms with Gasteiger partial charge in [0.05, 0.1) is 34.2 Å².